The summed E-state index contributed by atoms with van der Waals surface area (Å²) in [5, 5.41) is 0. The Balaban J connectivity index is 1.70. The molecule has 99 valence electrons. The Hall–Kier alpha value is -1.31. The highest BCUT2D eigenvalue weighted by Crippen LogP contribution is 2.60. The monoisotopic (exact) mass is 255 g/mol. The van der Waals surface area contributed by atoms with Crippen LogP contribution in [-0.2, 0) is 4.79 Å². The van der Waals surface area contributed by atoms with Crippen molar-refractivity contribution < 1.29 is 9.53 Å². The number of benzene rings is 1. The number of carbonyl (C=O) groups excluding carboxylic acids is 1. The van der Waals surface area contributed by atoms with Crippen molar-refractivity contribution in [2.24, 2.45) is 23.7 Å². The Labute approximate surface area is 114 Å². The zero-order valence-electron chi connectivity index (χ0n) is 11.0. The highest BCUT2D eigenvalue weighted by molar-refractivity contribution is 5.50. The third-order valence-electron chi connectivity index (χ3n) is 5.66. The Kier molecular flexibility index (Phi) is 2.64. The van der Waals surface area contributed by atoms with Gasteiger partial charge in [0.1, 0.15) is 5.75 Å². The molecule has 0 spiro atoms. The molecule has 4 bridgehead atoms. The van der Waals surface area contributed by atoms with Crippen LogP contribution in [0.4, 0.5) is 0 Å². The number of para-hydroxylation sites is 1. The van der Waals surface area contributed by atoms with E-state index in [9.17, 15) is 4.79 Å². The molecule has 0 aliphatic heterocycles. The molecule has 4 aliphatic rings. The molecule has 1 aromatic rings. The van der Waals surface area contributed by atoms with E-state index in [-0.39, 0.29) is 0 Å². The van der Waals surface area contributed by atoms with Gasteiger partial charge in [-0.3, -0.25) is 0 Å². The van der Waals surface area contributed by atoms with Crippen molar-refractivity contribution >= 4 is 6.47 Å². The van der Waals surface area contributed by atoms with Gasteiger partial charge in [-0.2, -0.15) is 0 Å². The summed E-state index contributed by atoms with van der Waals surface area (Å²) in [6.07, 6.45) is 7.02. The lowest BCUT2D eigenvalue weighted by molar-refractivity contribution is -0.00328. The van der Waals surface area contributed by atoms with Gasteiger partial charge in [0.2, 0.25) is 0 Å². The fourth-order valence-corrected chi connectivity index (χ4v) is 5.33. The fourth-order valence-electron chi connectivity index (χ4n) is 5.33. The van der Waals surface area contributed by atoms with Crippen molar-refractivity contribution in [3.63, 3.8) is 0 Å². The molecular weight excluding hydrogens is 236 g/mol. The standard InChI is InChI=1S/C17H19O2/c18-10-19-16-4-2-1-3-15(16)17-13-6-11-5-12(8-13)9-14(17)7-11/h1-4,11-14,17H,5-9H2. The van der Waals surface area contributed by atoms with Crippen LogP contribution >= 0.6 is 0 Å². The summed E-state index contributed by atoms with van der Waals surface area (Å²) >= 11 is 0. The molecule has 1 radical (unpaired) electrons. The lowest BCUT2D eigenvalue weighted by Gasteiger charge is -2.54. The first-order valence-corrected chi connectivity index (χ1v) is 7.48. The van der Waals surface area contributed by atoms with E-state index in [0.29, 0.717) is 5.92 Å². The quantitative estimate of drug-likeness (QED) is 0.823. The maximum atomic E-state index is 10.6. The third-order valence-corrected chi connectivity index (χ3v) is 5.66. The van der Waals surface area contributed by atoms with Crippen molar-refractivity contribution in [3.05, 3.63) is 29.8 Å². The molecule has 4 aliphatic carbocycles. The van der Waals surface area contributed by atoms with Gasteiger partial charge in [-0.15, -0.1) is 0 Å². The van der Waals surface area contributed by atoms with Gasteiger partial charge in [0.15, 0.2) is 0 Å². The van der Waals surface area contributed by atoms with Crippen LogP contribution in [0, 0.1) is 23.7 Å². The number of ether oxygens (including phenoxy) is 1. The third kappa shape index (κ3) is 1.80. The summed E-state index contributed by atoms with van der Waals surface area (Å²) in [5.41, 5.74) is 1.25. The largest absolute Gasteiger partial charge is 0.423 e. The van der Waals surface area contributed by atoms with Crippen molar-refractivity contribution in [3.8, 4) is 5.75 Å². The molecule has 0 amide bonds. The molecule has 0 unspecified atom stereocenters. The lowest BCUT2D eigenvalue weighted by Crippen LogP contribution is -2.43. The van der Waals surface area contributed by atoms with E-state index in [1.807, 2.05) is 12.1 Å². The fraction of sp³-hybridized carbons (Fsp3) is 0.588. The van der Waals surface area contributed by atoms with E-state index in [4.69, 9.17) is 4.74 Å². The summed E-state index contributed by atoms with van der Waals surface area (Å²) in [6, 6.07) is 8.06. The summed E-state index contributed by atoms with van der Waals surface area (Å²) in [7, 11) is 0. The van der Waals surface area contributed by atoms with E-state index in [1.54, 1.807) is 6.47 Å². The molecule has 0 aromatic heterocycles. The van der Waals surface area contributed by atoms with Crippen molar-refractivity contribution in [2.45, 2.75) is 38.0 Å². The van der Waals surface area contributed by atoms with Crippen LogP contribution in [0.25, 0.3) is 0 Å². The second-order valence-electron chi connectivity index (χ2n) is 6.68. The van der Waals surface area contributed by atoms with E-state index in [1.165, 1.54) is 37.7 Å². The van der Waals surface area contributed by atoms with E-state index < -0.39 is 0 Å². The van der Waals surface area contributed by atoms with Gasteiger partial charge < -0.3 is 4.74 Å². The predicted molar refractivity (Wildman–Crippen MR) is 72.5 cm³/mol. The summed E-state index contributed by atoms with van der Waals surface area (Å²) in [4.78, 5) is 10.6. The van der Waals surface area contributed by atoms with Crippen LogP contribution in [0.1, 0.15) is 43.6 Å². The van der Waals surface area contributed by atoms with Crippen LogP contribution in [0.15, 0.2) is 24.3 Å². The minimum absolute atomic E-state index is 0.609. The van der Waals surface area contributed by atoms with Gasteiger partial charge in [0.05, 0.1) is 0 Å². The molecule has 4 fully saturated rings. The normalized spacial score (nSPS) is 39.3. The van der Waals surface area contributed by atoms with Crippen molar-refractivity contribution in [1.29, 1.82) is 0 Å². The Bertz CT molecular complexity index is 466. The van der Waals surface area contributed by atoms with Crippen LogP contribution in [0.5, 0.6) is 5.75 Å². The number of hydrogen-bond acceptors (Lipinski definition) is 2. The average molecular weight is 255 g/mol. The average Bonchev–Trinajstić information content (AvgIpc) is 2.39. The molecule has 5 rings (SSSR count). The van der Waals surface area contributed by atoms with Crippen LogP contribution in [-0.4, -0.2) is 6.47 Å². The van der Waals surface area contributed by atoms with Crippen molar-refractivity contribution in [1.82, 2.24) is 0 Å². The Morgan fingerprint density at radius 1 is 0.947 bits per heavy atom. The maximum Gasteiger partial charge on any atom is 0.423 e. The first-order chi connectivity index (χ1) is 9.35. The van der Waals surface area contributed by atoms with Crippen LogP contribution in [0.3, 0.4) is 0 Å². The molecule has 0 atom stereocenters. The van der Waals surface area contributed by atoms with Gasteiger partial charge in [-0.1, -0.05) is 18.2 Å². The van der Waals surface area contributed by atoms with E-state index in [0.717, 1.165) is 29.4 Å². The smallest absolute Gasteiger partial charge is 0.418 e. The molecule has 0 saturated heterocycles. The molecule has 0 N–H and O–H groups in total. The summed E-state index contributed by atoms with van der Waals surface area (Å²) < 4.78 is 5.09. The molecule has 2 heteroatoms. The topological polar surface area (TPSA) is 26.3 Å². The zero-order valence-corrected chi connectivity index (χ0v) is 11.0. The molecule has 2 nitrogen and oxygen atoms in total. The minimum atomic E-state index is 0.609. The number of hydrogen-bond donors (Lipinski definition) is 0. The molecule has 1 aromatic carbocycles. The summed E-state index contributed by atoms with van der Waals surface area (Å²) in [6.45, 7) is 1.60. The van der Waals surface area contributed by atoms with E-state index in [2.05, 4.69) is 12.1 Å². The molecular formula is C17H19O2. The maximum absolute atomic E-state index is 10.6. The minimum Gasteiger partial charge on any atom is -0.418 e. The highest BCUT2D eigenvalue weighted by atomic mass is 16.5. The van der Waals surface area contributed by atoms with Gasteiger partial charge >= 0.3 is 6.47 Å². The van der Waals surface area contributed by atoms with Gasteiger partial charge in [-0.25, -0.2) is 4.79 Å². The molecule has 4 saturated carbocycles. The SMILES string of the molecule is O=[C]Oc1ccccc1C1C2CC3CC(C2)CC1C3. The van der Waals surface area contributed by atoms with Crippen LogP contribution < -0.4 is 4.74 Å². The zero-order chi connectivity index (χ0) is 12.8. The second-order valence-corrected chi connectivity index (χ2v) is 6.68. The highest BCUT2D eigenvalue weighted by Gasteiger charge is 2.49. The Morgan fingerprint density at radius 3 is 2.21 bits per heavy atom. The molecule has 19 heavy (non-hydrogen) atoms. The Morgan fingerprint density at radius 2 is 1.58 bits per heavy atom. The second kappa shape index (κ2) is 4.36. The van der Waals surface area contributed by atoms with Crippen molar-refractivity contribution in [2.75, 3.05) is 0 Å². The van der Waals surface area contributed by atoms with Gasteiger partial charge in [-0.05, 0) is 73.3 Å². The molecule has 0 heterocycles. The van der Waals surface area contributed by atoms with Crippen LogP contribution in [0.2, 0.25) is 0 Å². The summed E-state index contributed by atoms with van der Waals surface area (Å²) in [5.74, 6) is 4.92. The lowest BCUT2D eigenvalue weighted by atomic mass is 9.50. The first-order valence-electron chi connectivity index (χ1n) is 7.48. The van der Waals surface area contributed by atoms with E-state index >= 15 is 0 Å². The predicted octanol–water partition coefficient (Wildman–Crippen LogP) is 3.67. The van der Waals surface area contributed by atoms with Gasteiger partial charge in [0.25, 0.3) is 0 Å². The first kappa shape index (κ1) is 11.5. The van der Waals surface area contributed by atoms with Gasteiger partial charge in [0, 0.05) is 0 Å². The number of rotatable bonds is 3.